The van der Waals surface area contributed by atoms with Gasteiger partial charge in [-0.3, -0.25) is 4.79 Å². The first-order valence-corrected chi connectivity index (χ1v) is 19.5. The van der Waals surface area contributed by atoms with Crippen LogP contribution in [0.4, 0.5) is 0 Å². The Kier molecular flexibility index (Phi) is 8.95. The minimum atomic E-state index is -2.16. The highest BCUT2D eigenvalue weighted by molar-refractivity contribution is 6.74. The number of nitrogens with zero attached hydrogens (tertiary/aromatic N) is 4. The lowest BCUT2D eigenvalue weighted by molar-refractivity contribution is 0.0269. The van der Waals surface area contributed by atoms with Gasteiger partial charge in [-0.1, -0.05) is 51.5 Å². The van der Waals surface area contributed by atoms with E-state index in [0.29, 0.717) is 24.5 Å². The fourth-order valence-corrected chi connectivity index (χ4v) is 8.32. The van der Waals surface area contributed by atoms with Crippen LogP contribution in [0.2, 0.25) is 18.1 Å². The van der Waals surface area contributed by atoms with Crippen molar-refractivity contribution < 1.29 is 9.53 Å². The van der Waals surface area contributed by atoms with Gasteiger partial charge in [0.2, 0.25) is 5.56 Å². The summed E-state index contributed by atoms with van der Waals surface area (Å²) < 4.78 is 9.15. The van der Waals surface area contributed by atoms with E-state index in [4.69, 9.17) is 9.64 Å². The third-order valence-electron chi connectivity index (χ3n) is 10.6. The van der Waals surface area contributed by atoms with Crippen molar-refractivity contribution in [3.63, 3.8) is 0 Å². The number of phenols is 1. The maximum Gasteiger partial charge on any atom is 0.248 e. The number of H-pyrrole nitrogens is 1. The van der Waals surface area contributed by atoms with Crippen LogP contribution in [-0.4, -0.2) is 64.5 Å². The SMILES string of the molecule is CC[CH]C([C@H]1CN2CCC1CC2)n1nnc2cc(CNC[C@@H](O[Si](C)(C)C(C)(C)C)c3ccc(O)c4[nH]c(=O)ccc34)ccc21. The molecular weight excluding hydrogens is 581 g/mol. The second-order valence-electron chi connectivity index (χ2n) is 14.6. The molecule has 4 aromatic rings. The first-order valence-electron chi connectivity index (χ1n) is 16.6. The van der Waals surface area contributed by atoms with Crippen LogP contribution in [0.25, 0.3) is 21.9 Å². The normalized spacial score (nSPS) is 21.9. The summed E-state index contributed by atoms with van der Waals surface area (Å²) in [6, 6.07) is 13.6. The van der Waals surface area contributed by atoms with E-state index in [0.717, 1.165) is 46.4 Å². The zero-order valence-corrected chi connectivity index (χ0v) is 28.6. The quantitative estimate of drug-likeness (QED) is 0.167. The van der Waals surface area contributed by atoms with Crippen LogP contribution in [0, 0.1) is 18.3 Å². The summed E-state index contributed by atoms with van der Waals surface area (Å²) in [5, 5.41) is 24.3. The summed E-state index contributed by atoms with van der Waals surface area (Å²) in [5.74, 6) is 1.41. The summed E-state index contributed by atoms with van der Waals surface area (Å²) in [5.41, 5.74) is 4.29. The number of hydrogen-bond donors (Lipinski definition) is 3. The molecule has 1 radical (unpaired) electrons. The minimum Gasteiger partial charge on any atom is -0.506 e. The second kappa shape index (κ2) is 12.6. The Hall–Kier alpha value is -3.05. The molecule has 2 aromatic carbocycles. The van der Waals surface area contributed by atoms with Gasteiger partial charge in [-0.15, -0.1) is 5.10 Å². The number of piperidine rings is 3. The van der Waals surface area contributed by atoms with E-state index in [-0.39, 0.29) is 28.5 Å². The van der Waals surface area contributed by atoms with Crippen molar-refractivity contribution >= 4 is 30.3 Å². The van der Waals surface area contributed by atoms with E-state index in [2.05, 4.69) is 90.4 Å². The van der Waals surface area contributed by atoms with E-state index in [9.17, 15) is 9.90 Å². The van der Waals surface area contributed by atoms with Crippen molar-refractivity contribution in [2.24, 2.45) is 11.8 Å². The predicted octanol–water partition coefficient (Wildman–Crippen LogP) is 6.33. The number of aromatic amines is 1. The Morgan fingerprint density at radius 1 is 1.16 bits per heavy atom. The molecule has 45 heavy (non-hydrogen) atoms. The van der Waals surface area contributed by atoms with Gasteiger partial charge in [-0.05, 0) is 97.7 Å². The van der Waals surface area contributed by atoms with Crippen LogP contribution in [-0.2, 0) is 11.0 Å². The van der Waals surface area contributed by atoms with Crippen molar-refractivity contribution in [3.8, 4) is 5.75 Å². The third-order valence-corrected chi connectivity index (χ3v) is 15.1. The first kappa shape index (κ1) is 31.9. The number of phenolic OH excluding ortho intramolecular Hbond substituents is 1. The summed E-state index contributed by atoms with van der Waals surface area (Å²) in [7, 11) is -2.16. The van der Waals surface area contributed by atoms with Crippen LogP contribution in [0.3, 0.4) is 0 Å². The van der Waals surface area contributed by atoms with Crippen molar-refractivity contribution in [1.29, 1.82) is 0 Å². The van der Waals surface area contributed by atoms with Crippen molar-refractivity contribution in [2.45, 2.75) is 83.8 Å². The van der Waals surface area contributed by atoms with Crippen molar-refractivity contribution in [2.75, 3.05) is 26.2 Å². The molecule has 1 unspecified atom stereocenters. The lowest BCUT2D eigenvalue weighted by atomic mass is 9.74. The molecule has 3 atom stereocenters. The number of fused-ring (bicyclic) bond motifs is 5. The Balaban J connectivity index is 1.22. The fourth-order valence-electron chi connectivity index (χ4n) is 7.05. The molecule has 3 aliphatic heterocycles. The van der Waals surface area contributed by atoms with E-state index < -0.39 is 8.32 Å². The summed E-state index contributed by atoms with van der Waals surface area (Å²) in [6.07, 6.45) is 5.76. The number of pyridine rings is 1. The standard InChI is InChI=1S/C35H49N6O3Si/c1-7-8-29(27-22-40-17-15-24(27)16-18-40)41-30-12-9-23(19-28(30)38-39-41)20-36-21-32(44-45(5,6)35(2,3)4)25-10-13-31(42)34-26(25)11-14-33(43)37-34/h8-14,19,24,27,29,32,36,42H,7,15-18,20-22H2,1-6H3,(H,37,43)/t27-,29?,32+/m0/s1. The third kappa shape index (κ3) is 6.47. The van der Waals surface area contributed by atoms with Gasteiger partial charge in [0.1, 0.15) is 11.3 Å². The highest BCUT2D eigenvalue weighted by Crippen LogP contribution is 2.42. The minimum absolute atomic E-state index is 0.0186. The topological polar surface area (TPSA) is 108 Å². The van der Waals surface area contributed by atoms with Gasteiger partial charge in [0, 0.05) is 31.1 Å². The van der Waals surface area contributed by atoms with E-state index >= 15 is 0 Å². The number of rotatable bonds is 11. The maximum atomic E-state index is 12.1. The molecule has 0 amide bonds. The zero-order chi connectivity index (χ0) is 31.9. The second-order valence-corrected chi connectivity index (χ2v) is 19.3. The molecule has 3 fully saturated rings. The molecule has 10 heteroatoms. The molecule has 3 N–H and O–H groups in total. The molecule has 0 saturated carbocycles. The van der Waals surface area contributed by atoms with Gasteiger partial charge in [-0.2, -0.15) is 0 Å². The smallest absolute Gasteiger partial charge is 0.248 e. The van der Waals surface area contributed by atoms with Crippen molar-refractivity contribution in [3.05, 3.63) is 70.4 Å². The lowest BCUT2D eigenvalue weighted by Gasteiger charge is -2.47. The zero-order valence-electron chi connectivity index (χ0n) is 27.6. The summed E-state index contributed by atoms with van der Waals surface area (Å²) in [4.78, 5) is 17.5. The molecular formula is C35H49N6O3Si. The van der Waals surface area contributed by atoms with Crippen LogP contribution < -0.4 is 10.9 Å². The molecule has 241 valence electrons. The Bertz CT molecular complexity index is 1700. The highest BCUT2D eigenvalue weighted by Gasteiger charge is 2.41. The molecule has 9 nitrogen and oxygen atoms in total. The Labute approximate surface area is 267 Å². The monoisotopic (exact) mass is 629 g/mol. The lowest BCUT2D eigenvalue weighted by Crippen LogP contribution is -2.50. The van der Waals surface area contributed by atoms with Gasteiger partial charge in [-0.25, -0.2) is 4.68 Å². The number of benzene rings is 2. The molecule has 2 aromatic heterocycles. The highest BCUT2D eigenvalue weighted by atomic mass is 28.4. The molecule has 0 aliphatic carbocycles. The Morgan fingerprint density at radius 2 is 1.93 bits per heavy atom. The molecule has 3 aliphatic rings. The van der Waals surface area contributed by atoms with Crippen LogP contribution in [0.15, 0.2) is 47.3 Å². The van der Waals surface area contributed by atoms with Crippen molar-refractivity contribution in [1.82, 2.24) is 30.2 Å². The predicted molar refractivity (Wildman–Crippen MR) is 183 cm³/mol. The van der Waals surface area contributed by atoms with E-state index in [1.54, 1.807) is 12.1 Å². The molecule has 5 heterocycles. The van der Waals surface area contributed by atoms with Gasteiger partial charge in [0.05, 0.1) is 23.2 Å². The van der Waals surface area contributed by atoms with Crippen LogP contribution >= 0.6 is 0 Å². The van der Waals surface area contributed by atoms with Gasteiger partial charge in [0.25, 0.3) is 0 Å². The van der Waals surface area contributed by atoms with Gasteiger partial charge >= 0.3 is 0 Å². The van der Waals surface area contributed by atoms with Gasteiger partial charge < -0.3 is 24.7 Å². The number of nitrogens with one attached hydrogen (secondary N) is 2. The molecule has 7 rings (SSSR count). The Morgan fingerprint density at radius 3 is 2.62 bits per heavy atom. The van der Waals surface area contributed by atoms with Crippen LogP contribution in [0.1, 0.15) is 70.2 Å². The maximum absolute atomic E-state index is 12.1. The molecule has 0 spiro atoms. The average Bonchev–Trinajstić information content (AvgIpc) is 3.43. The molecule has 3 saturated heterocycles. The average molecular weight is 630 g/mol. The fraction of sp³-hybridized carbons (Fsp3) is 0.543. The van der Waals surface area contributed by atoms with E-state index in [1.807, 2.05) is 6.07 Å². The van der Waals surface area contributed by atoms with Gasteiger partial charge in [0.15, 0.2) is 8.32 Å². The summed E-state index contributed by atoms with van der Waals surface area (Å²) in [6.45, 7) is 18.3. The number of aromatic nitrogens is 4. The number of aromatic hydroxyl groups is 1. The summed E-state index contributed by atoms with van der Waals surface area (Å²) >= 11 is 0. The van der Waals surface area contributed by atoms with Crippen LogP contribution in [0.5, 0.6) is 5.75 Å². The molecule has 2 bridgehead atoms. The largest absolute Gasteiger partial charge is 0.506 e. The number of hydrogen-bond acceptors (Lipinski definition) is 7. The first-order chi connectivity index (χ1) is 21.4. The van der Waals surface area contributed by atoms with E-state index in [1.165, 1.54) is 32.0 Å².